The van der Waals surface area contributed by atoms with Gasteiger partial charge >= 0.3 is 0 Å². The highest BCUT2D eigenvalue weighted by Crippen LogP contribution is 2.28. The second-order valence-electron chi connectivity index (χ2n) is 10.7. The van der Waals surface area contributed by atoms with Crippen LogP contribution >= 0.6 is 11.6 Å². The molecular weight excluding hydrogens is 496 g/mol. The van der Waals surface area contributed by atoms with Crippen LogP contribution in [0.15, 0.2) is 54.7 Å². The maximum atomic E-state index is 13.2. The van der Waals surface area contributed by atoms with Crippen molar-refractivity contribution < 1.29 is 4.79 Å². The third-order valence-electron chi connectivity index (χ3n) is 8.29. The molecule has 3 aromatic rings. The minimum absolute atomic E-state index is 0.119. The van der Waals surface area contributed by atoms with E-state index >= 15 is 0 Å². The molecule has 0 aliphatic carbocycles. The Morgan fingerprint density at radius 3 is 2.45 bits per heavy atom. The SMILES string of the molecule is Cc1[nH]ncc1CN1CCN(C(=O)[C@H](N)C2CCN(CCc3cc(Cl)ccc3-c3ccccc3)CC2)CC1. The molecule has 38 heavy (non-hydrogen) atoms. The van der Waals surface area contributed by atoms with Crippen LogP contribution in [0.3, 0.4) is 0 Å². The molecular formula is C30H39ClN6O. The molecule has 0 saturated carbocycles. The summed E-state index contributed by atoms with van der Waals surface area (Å²) in [6.07, 6.45) is 4.77. The summed E-state index contributed by atoms with van der Waals surface area (Å²) in [4.78, 5) is 20.1. The summed E-state index contributed by atoms with van der Waals surface area (Å²) in [5, 5.41) is 7.89. The van der Waals surface area contributed by atoms with Gasteiger partial charge in [0.25, 0.3) is 0 Å². The van der Waals surface area contributed by atoms with Gasteiger partial charge in [0.15, 0.2) is 0 Å². The second kappa shape index (κ2) is 12.4. The van der Waals surface area contributed by atoms with Crippen LogP contribution in [0.4, 0.5) is 0 Å². The molecule has 0 spiro atoms. The minimum Gasteiger partial charge on any atom is -0.339 e. The van der Waals surface area contributed by atoms with Crippen molar-refractivity contribution in [1.29, 1.82) is 0 Å². The van der Waals surface area contributed by atoms with E-state index < -0.39 is 6.04 Å². The van der Waals surface area contributed by atoms with Gasteiger partial charge in [0, 0.05) is 55.5 Å². The van der Waals surface area contributed by atoms with Crippen molar-refractivity contribution in [1.82, 2.24) is 24.9 Å². The number of nitrogens with two attached hydrogens (primary N) is 1. The summed E-state index contributed by atoms with van der Waals surface area (Å²) in [5.41, 5.74) is 12.6. The number of hydrogen-bond acceptors (Lipinski definition) is 5. The third kappa shape index (κ3) is 6.46. The molecule has 1 atom stereocenters. The summed E-state index contributed by atoms with van der Waals surface area (Å²) in [5.74, 6) is 0.366. The number of rotatable bonds is 8. The van der Waals surface area contributed by atoms with E-state index in [4.69, 9.17) is 17.3 Å². The van der Waals surface area contributed by atoms with Crippen molar-refractivity contribution >= 4 is 17.5 Å². The van der Waals surface area contributed by atoms with Gasteiger partial charge in [-0.15, -0.1) is 0 Å². The van der Waals surface area contributed by atoms with E-state index in [-0.39, 0.29) is 11.8 Å². The van der Waals surface area contributed by atoms with E-state index in [2.05, 4.69) is 56.4 Å². The zero-order valence-electron chi connectivity index (χ0n) is 22.3. The molecule has 2 fully saturated rings. The monoisotopic (exact) mass is 534 g/mol. The number of aromatic nitrogens is 2. The van der Waals surface area contributed by atoms with E-state index in [0.29, 0.717) is 0 Å². The first-order valence-corrected chi connectivity index (χ1v) is 14.2. The smallest absolute Gasteiger partial charge is 0.239 e. The standard InChI is InChI=1S/C30H39ClN6O/c1-22-26(20-33-34-22)21-36-15-17-37(18-16-36)30(38)29(32)24-9-12-35(13-10-24)14-11-25-19-27(31)7-8-28(25)23-5-3-2-4-6-23/h2-8,19-20,24,29H,9-18,21,32H2,1H3,(H,33,34)/t29-/m1/s1. The summed E-state index contributed by atoms with van der Waals surface area (Å²) >= 11 is 6.35. The Morgan fingerprint density at radius 2 is 1.76 bits per heavy atom. The molecule has 1 aromatic heterocycles. The molecule has 2 aromatic carbocycles. The molecule has 2 saturated heterocycles. The fraction of sp³-hybridized carbons (Fsp3) is 0.467. The Hall–Kier alpha value is -2.71. The number of carbonyl (C=O) groups excluding carboxylic acids is 1. The maximum absolute atomic E-state index is 13.2. The Bertz CT molecular complexity index is 1200. The lowest BCUT2D eigenvalue weighted by Gasteiger charge is -2.39. The van der Waals surface area contributed by atoms with Crippen molar-refractivity contribution in [2.24, 2.45) is 11.7 Å². The van der Waals surface area contributed by atoms with Gasteiger partial charge in [0.1, 0.15) is 0 Å². The molecule has 0 unspecified atom stereocenters. The number of nitrogens with zero attached hydrogens (tertiary/aromatic N) is 4. The van der Waals surface area contributed by atoms with Crippen LogP contribution in [-0.2, 0) is 17.8 Å². The van der Waals surface area contributed by atoms with Crippen LogP contribution in [0, 0.1) is 12.8 Å². The topological polar surface area (TPSA) is 81.5 Å². The van der Waals surface area contributed by atoms with Crippen LogP contribution in [-0.4, -0.2) is 82.7 Å². The molecule has 1 amide bonds. The number of aromatic amines is 1. The quantitative estimate of drug-likeness (QED) is 0.457. The molecule has 0 radical (unpaired) electrons. The fourth-order valence-corrected chi connectivity index (χ4v) is 5.99. The van der Waals surface area contributed by atoms with E-state index in [9.17, 15) is 4.79 Å². The van der Waals surface area contributed by atoms with Gasteiger partial charge in [-0.2, -0.15) is 5.10 Å². The van der Waals surface area contributed by atoms with Gasteiger partial charge in [-0.05, 0) is 74.0 Å². The summed E-state index contributed by atoms with van der Waals surface area (Å²) in [6, 6.07) is 16.3. The Labute approximate surface area is 230 Å². The molecule has 2 aliphatic rings. The molecule has 3 heterocycles. The highest BCUT2D eigenvalue weighted by atomic mass is 35.5. The first kappa shape index (κ1) is 26.9. The number of halogens is 1. The number of piperidine rings is 1. The van der Waals surface area contributed by atoms with Crippen molar-refractivity contribution in [3.63, 3.8) is 0 Å². The number of amides is 1. The predicted molar refractivity (Wildman–Crippen MR) is 153 cm³/mol. The third-order valence-corrected chi connectivity index (χ3v) is 8.52. The Balaban J connectivity index is 1.08. The summed E-state index contributed by atoms with van der Waals surface area (Å²) in [6.45, 7) is 9.08. The number of aryl methyl sites for hydroxylation is 1. The molecule has 8 heteroatoms. The number of piperazine rings is 1. The van der Waals surface area contributed by atoms with E-state index in [0.717, 1.165) is 82.3 Å². The first-order chi connectivity index (χ1) is 18.5. The number of nitrogens with one attached hydrogen (secondary N) is 1. The van der Waals surface area contributed by atoms with E-state index in [1.807, 2.05) is 30.2 Å². The van der Waals surface area contributed by atoms with Gasteiger partial charge in [-0.25, -0.2) is 0 Å². The zero-order chi connectivity index (χ0) is 26.5. The van der Waals surface area contributed by atoms with Crippen LogP contribution in [0.1, 0.15) is 29.7 Å². The average Bonchev–Trinajstić information content (AvgIpc) is 3.36. The normalized spacial score (nSPS) is 18.6. The molecule has 0 bridgehead atoms. The van der Waals surface area contributed by atoms with Crippen molar-refractivity contribution in [3.8, 4) is 11.1 Å². The highest BCUT2D eigenvalue weighted by Gasteiger charge is 2.32. The number of carbonyl (C=O) groups is 1. The van der Waals surface area contributed by atoms with Gasteiger partial charge < -0.3 is 15.5 Å². The molecule has 202 valence electrons. The molecule has 3 N–H and O–H groups in total. The first-order valence-electron chi connectivity index (χ1n) is 13.8. The van der Waals surface area contributed by atoms with Crippen LogP contribution < -0.4 is 5.73 Å². The van der Waals surface area contributed by atoms with Crippen molar-refractivity contribution in [3.05, 3.63) is 76.6 Å². The Kier molecular flexibility index (Phi) is 8.79. The lowest BCUT2D eigenvalue weighted by atomic mass is 9.88. The number of likely N-dealkylation sites (tertiary alicyclic amines) is 1. The van der Waals surface area contributed by atoms with Crippen LogP contribution in [0.5, 0.6) is 0 Å². The van der Waals surface area contributed by atoms with E-state index in [1.54, 1.807) is 0 Å². The minimum atomic E-state index is -0.405. The van der Waals surface area contributed by atoms with Gasteiger partial charge in [0.2, 0.25) is 5.91 Å². The second-order valence-corrected chi connectivity index (χ2v) is 11.2. The molecule has 2 aliphatic heterocycles. The van der Waals surface area contributed by atoms with Gasteiger partial charge in [-0.3, -0.25) is 14.8 Å². The van der Waals surface area contributed by atoms with Crippen LogP contribution in [0.25, 0.3) is 11.1 Å². The lowest BCUT2D eigenvalue weighted by Crippen LogP contribution is -2.55. The number of H-pyrrole nitrogens is 1. The fourth-order valence-electron chi connectivity index (χ4n) is 5.80. The maximum Gasteiger partial charge on any atom is 0.239 e. The highest BCUT2D eigenvalue weighted by molar-refractivity contribution is 6.30. The lowest BCUT2D eigenvalue weighted by molar-refractivity contribution is -0.136. The van der Waals surface area contributed by atoms with Gasteiger partial charge in [0.05, 0.1) is 12.2 Å². The van der Waals surface area contributed by atoms with Crippen LogP contribution in [0.2, 0.25) is 5.02 Å². The number of hydrogen-bond donors (Lipinski definition) is 2. The zero-order valence-corrected chi connectivity index (χ0v) is 23.0. The molecule has 7 nitrogen and oxygen atoms in total. The van der Waals surface area contributed by atoms with Gasteiger partial charge in [-0.1, -0.05) is 48.0 Å². The van der Waals surface area contributed by atoms with Crippen molar-refractivity contribution in [2.45, 2.75) is 38.8 Å². The average molecular weight is 535 g/mol. The summed E-state index contributed by atoms with van der Waals surface area (Å²) < 4.78 is 0. The van der Waals surface area contributed by atoms with E-state index in [1.165, 1.54) is 22.3 Å². The summed E-state index contributed by atoms with van der Waals surface area (Å²) in [7, 11) is 0. The number of benzene rings is 2. The largest absolute Gasteiger partial charge is 0.339 e. The predicted octanol–water partition coefficient (Wildman–Crippen LogP) is 3.96. The Morgan fingerprint density at radius 1 is 1.03 bits per heavy atom. The van der Waals surface area contributed by atoms with Crippen molar-refractivity contribution in [2.75, 3.05) is 45.8 Å². The molecule has 5 rings (SSSR count).